The molecule has 0 spiro atoms. The minimum Gasteiger partial charge on any atom is -0.481 e. The van der Waals surface area contributed by atoms with E-state index in [1.165, 1.54) is 70.0 Å². The molecule has 10 heterocycles. The lowest BCUT2D eigenvalue weighted by molar-refractivity contribution is -0.141. The van der Waals surface area contributed by atoms with Crippen LogP contribution in [0.5, 0.6) is 0 Å². The van der Waals surface area contributed by atoms with Crippen LogP contribution in [0, 0.1) is 27.7 Å². The highest BCUT2D eigenvalue weighted by molar-refractivity contribution is 9.11. The molecule has 0 bridgehead atoms. The van der Waals surface area contributed by atoms with Gasteiger partial charge in [0, 0.05) is 127 Å². The van der Waals surface area contributed by atoms with Crippen molar-refractivity contribution in [1.82, 2.24) is 0 Å². The summed E-state index contributed by atoms with van der Waals surface area (Å²) in [6.45, 7) is 21.2. The fourth-order valence-electron chi connectivity index (χ4n) is 14.1. The summed E-state index contributed by atoms with van der Waals surface area (Å²) in [5.41, 5.74) is 11.5. The van der Waals surface area contributed by atoms with Gasteiger partial charge in [-0.1, -0.05) is 219 Å². The summed E-state index contributed by atoms with van der Waals surface area (Å²) in [4.78, 5) is 160. The highest BCUT2D eigenvalue weighted by Gasteiger charge is 2.41. The van der Waals surface area contributed by atoms with Gasteiger partial charge in [-0.15, -0.1) is 94.1 Å². The second-order valence-corrected chi connectivity index (χ2v) is 46.2. The average Bonchev–Trinajstić information content (AvgIpc) is 1.61. The molecule has 11 aromatic carbocycles. The first-order valence-electron chi connectivity index (χ1n) is 40.7. The number of hydrogen-bond donors (Lipinski definition) is 2. The summed E-state index contributed by atoms with van der Waals surface area (Å²) < 4.78 is 4.55. The molecule has 666 valence electrons. The SMILES string of the molecule is CC(=O)OC1Sc2ccccc2C1=O.CC1(C)Sc2ccccc2C1=O.CC1Sc2ccc(Cl)cc2C1=O.CC1Sc2ccccc2C1=O.Cc1cc(C)c2c(c1)C(=O)C(C)S2.Cc1ccc2c(c1)C(=O)C(Br)S2.Cc1ccc2c(c1)C(=O)C(C)S2.O=C(O)CC1Sc2ccc(Cl)cc2C1=O.O=C(c1ccccc1)C1Sc2ccccc2C1=O.O=C1c2ccccc2SC1O. The topological polar surface area (TPSA) is 272 Å². The van der Waals surface area contributed by atoms with Crippen molar-refractivity contribution in [3.63, 3.8) is 0 Å². The van der Waals surface area contributed by atoms with E-state index in [9.17, 15) is 62.3 Å². The Labute approximate surface area is 814 Å². The molecule has 16 nitrogen and oxygen atoms in total. The number of ether oxygens (including phenoxy) is 1. The Hall–Kier alpha value is -8.75. The number of aliphatic hydroxyl groups is 1. The maximum atomic E-state index is 12.3. The van der Waals surface area contributed by atoms with E-state index in [2.05, 4.69) is 35.0 Å². The molecule has 0 fully saturated rings. The average molecular weight is 2030 g/mol. The van der Waals surface area contributed by atoms with Crippen molar-refractivity contribution in [2.45, 2.75) is 183 Å². The number of thioether (sulfide) groups is 10. The number of Topliss-reactive ketones (excluding diaryl/α,β-unsaturated/α-hetero) is 11. The molecule has 21 rings (SSSR count). The first kappa shape index (κ1) is 100. The molecule has 0 saturated carbocycles. The number of hydrogen-bond acceptors (Lipinski definition) is 25. The quantitative estimate of drug-likeness (QED) is 0.0701. The Morgan fingerprint density at radius 3 is 1.25 bits per heavy atom. The Morgan fingerprint density at radius 2 is 0.762 bits per heavy atom. The van der Waals surface area contributed by atoms with E-state index in [4.69, 9.17) is 38.2 Å². The number of carbonyl (C=O) groups excluding carboxylic acids is 12. The van der Waals surface area contributed by atoms with Crippen LogP contribution in [-0.4, -0.2) is 137 Å². The number of aryl methyl sites for hydroxylation is 4. The first-order valence-corrected chi connectivity index (χ1v) is 51.1. The van der Waals surface area contributed by atoms with Crippen molar-refractivity contribution >= 4 is 232 Å². The Bertz CT molecular complexity index is 6110. The second-order valence-electron chi connectivity index (χ2n) is 30.9. The van der Waals surface area contributed by atoms with E-state index in [1.807, 2.05) is 220 Å². The number of halogens is 3. The summed E-state index contributed by atoms with van der Waals surface area (Å²) in [7, 11) is 0. The van der Waals surface area contributed by atoms with Crippen molar-refractivity contribution in [1.29, 1.82) is 0 Å². The van der Waals surface area contributed by atoms with Crippen LogP contribution in [0.25, 0.3) is 0 Å². The third kappa shape index (κ3) is 24.4. The number of benzene rings is 11. The number of ketones is 11. The van der Waals surface area contributed by atoms with Crippen molar-refractivity contribution in [3.8, 4) is 0 Å². The van der Waals surface area contributed by atoms with E-state index in [0.29, 0.717) is 37.9 Å². The van der Waals surface area contributed by atoms with Gasteiger partial charge in [-0.05, 0) is 172 Å². The van der Waals surface area contributed by atoms with Crippen LogP contribution in [0.3, 0.4) is 0 Å². The molecule has 9 atom stereocenters. The first-order chi connectivity index (χ1) is 61.9. The van der Waals surface area contributed by atoms with E-state index < -0.39 is 33.3 Å². The predicted molar refractivity (Wildman–Crippen MR) is 532 cm³/mol. The van der Waals surface area contributed by atoms with E-state index in [1.54, 1.807) is 137 Å². The van der Waals surface area contributed by atoms with E-state index >= 15 is 0 Å². The van der Waals surface area contributed by atoms with Crippen LogP contribution in [0.15, 0.2) is 286 Å². The van der Waals surface area contributed by atoms with E-state index in [-0.39, 0.29) is 99.9 Å². The normalized spacial score (nSPS) is 20.1. The highest BCUT2D eigenvalue weighted by Crippen LogP contribution is 2.48. The fourth-order valence-corrected chi connectivity index (χ4v) is 26.1. The molecular formula is C101H85BrCl2O16S10. The van der Waals surface area contributed by atoms with Crippen molar-refractivity contribution in [2.24, 2.45) is 0 Å². The predicted octanol–water partition coefficient (Wildman–Crippen LogP) is 25.6. The van der Waals surface area contributed by atoms with Crippen molar-refractivity contribution in [3.05, 3.63) is 330 Å². The molecule has 9 unspecified atom stereocenters. The molecule has 0 saturated heterocycles. The molecule has 0 amide bonds. The molecular weight excluding hydrogens is 1940 g/mol. The molecule has 11 aromatic rings. The van der Waals surface area contributed by atoms with Gasteiger partial charge >= 0.3 is 11.9 Å². The highest BCUT2D eigenvalue weighted by atomic mass is 79.9. The van der Waals surface area contributed by atoms with Crippen molar-refractivity contribution < 1.29 is 77.3 Å². The lowest BCUT2D eigenvalue weighted by Crippen LogP contribution is -2.23. The fraction of sp³-hybridized carbons (Fsp3) is 0.218. The number of alkyl halides is 1. The number of carboxylic acid groups (broad SMARTS) is 1. The van der Waals surface area contributed by atoms with Gasteiger partial charge in [-0.2, -0.15) is 0 Å². The lowest BCUT2D eigenvalue weighted by atomic mass is 10.0. The molecule has 0 aliphatic carbocycles. The van der Waals surface area contributed by atoms with Gasteiger partial charge in [0.25, 0.3) is 0 Å². The van der Waals surface area contributed by atoms with Crippen LogP contribution in [0.2, 0.25) is 10.0 Å². The number of carboxylic acids is 1. The van der Waals surface area contributed by atoms with Gasteiger partial charge in [-0.25, -0.2) is 0 Å². The third-order valence-electron chi connectivity index (χ3n) is 20.6. The molecule has 0 aromatic heterocycles. The van der Waals surface area contributed by atoms with Crippen LogP contribution < -0.4 is 0 Å². The number of aliphatic hydroxyl groups excluding tert-OH is 1. The van der Waals surface area contributed by atoms with Gasteiger partial charge in [0.05, 0.1) is 37.4 Å². The maximum Gasteiger partial charge on any atom is 0.304 e. The maximum absolute atomic E-state index is 12.3. The lowest BCUT2D eigenvalue weighted by Gasteiger charge is -2.11. The number of carbonyl (C=O) groups is 13. The standard InChI is InChI=1S/C15H10O2S.C11H12OS.C10H7ClO3S.C10H8O3S.2C10H10OS.C9H7BrOS.C9H7ClOS.C9H8OS.C8H6O2S/c16-13(10-6-2-1-3-7-10)15-14(17)11-8-4-5-9-12(11)18-15;1-6-4-7(2)11-9(5-6)10(12)8(3)13-11;11-5-1-2-7-6(3-5)10(14)8(15-7)4-9(12)13;1-6(11)13-10-9(12)7-4-2-3-5-8(7)14-10;1-6-3-4-9-8(5-6)10(11)7(2)12-9;1-10(2)9(11)7-5-3-4-6-8(7)12-10;1-5-2-3-7-6(4-5)8(11)9(10)12-7;1-5-9(11)7-4-6(10)2-3-8(7)12-5;1-6-9(10)7-4-2-3-5-8(7)11-6;9-7-5-3-1-2-4-6(5)11-8(7)10/h1-9,15H;4-5,8H,1-3H3;1-3,8H,4H2,(H,12,13);2-5,10H,1H3;3-5,7H,1-2H3;3-6H,1-2H3;2-4,9H,1H3;2-5H,1H3;2-6H,1H3;1-4,8,10H. The second kappa shape index (κ2) is 44.9. The zero-order chi connectivity index (χ0) is 93.9. The summed E-state index contributed by atoms with van der Waals surface area (Å²) in [6, 6.07) is 73.1. The Morgan fingerprint density at radius 1 is 0.377 bits per heavy atom. The van der Waals surface area contributed by atoms with Crippen LogP contribution in [0.1, 0.15) is 191 Å². The third-order valence-corrected chi connectivity index (χ3v) is 33.9. The largest absolute Gasteiger partial charge is 0.481 e. The van der Waals surface area contributed by atoms with Gasteiger partial charge in [-0.3, -0.25) is 62.3 Å². The molecule has 29 heteroatoms. The number of esters is 1. The van der Waals surface area contributed by atoms with Crippen molar-refractivity contribution in [2.75, 3.05) is 0 Å². The molecule has 130 heavy (non-hydrogen) atoms. The number of rotatable bonds is 5. The molecule has 10 aliphatic heterocycles. The van der Waals surface area contributed by atoms with Crippen LogP contribution in [0.4, 0.5) is 0 Å². The zero-order valence-electron chi connectivity index (χ0n) is 71.7. The minimum atomic E-state index is -0.959. The summed E-state index contributed by atoms with van der Waals surface area (Å²) in [5.74, 6) is -0.545. The van der Waals surface area contributed by atoms with Gasteiger partial charge in [0.1, 0.15) is 9.41 Å². The Kier molecular flexibility index (Phi) is 34.6. The molecule has 2 N–H and O–H groups in total. The zero-order valence-corrected chi connectivity index (χ0v) is 83.0. The van der Waals surface area contributed by atoms with Crippen LogP contribution >= 0.6 is 157 Å². The Balaban J connectivity index is 0.000000131. The number of fused-ring (bicyclic) bond motifs is 10. The summed E-state index contributed by atoms with van der Waals surface area (Å²) in [6.07, 6.45) is -0.143. The van der Waals surface area contributed by atoms with Gasteiger partial charge in [0.2, 0.25) is 17.0 Å². The monoisotopic (exact) mass is 2020 g/mol. The van der Waals surface area contributed by atoms with Gasteiger partial charge in [0.15, 0.2) is 57.5 Å². The smallest absolute Gasteiger partial charge is 0.304 e. The van der Waals surface area contributed by atoms with Gasteiger partial charge < -0.3 is 14.9 Å². The minimum absolute atomic E-state index is 0.0541. The summed E-state index contributed by atoms with van der Waals surface area (Å²) >= 11 is 29.8. The van der Waals surface area contributed by atoms with Crippen LogP contribution in [-0.2, 0) is 14.3 Å². The molecule has 10 aliphatic rings. The molecule has 0 radical (unpaired) electrons. The van der Waals surface area contributed by atoms with E-state index in [0.717, 1.165) is 88.6 Å². The summed E-state index contributed by atoms with van der Waals surface area (Å²) in [5, 5.41) is 18.2. The number of aliphatic carboxylic acids is 1.